The zero-order valence-electron chi connectivity index (χ0n) is 13.5. The van der Waals surface area contributed by atoms with Gasteiger partial charge in [0.15, 0.2) is 6.61 Å². The van der Waals surface area contributed by atoms with Gasteiger partial charge >= 0.3 is 0 Å². The lowest BCUT2D eigenvalue weighted by molar-refractivity contribution is -0.0149. The lowest BCUT2D eigenvalue weighted by Crippen LogP contribution is -2.43. The summed E-state index contributed by atoms with van der Waals surface area (Å²) in [5.74, 6) is 1.23. The molecular weight excluding hydrogens is 268 g/mol. The highest BCUT2D eigenvalue weighted by Crippen LogP contribution is 2.25. The average Bonchev–Trinajstić information content (AvgIpc) is 2.80. The molecule has 0 aromatic rings. The topological polar surface area (TPSA) is 72.3 Å². The maximum atomic E-state index is 6.13. The fourth-order valence-electron chi connectivity index (χ4n) is 3.47. The summed E-state index contributed by atoms with van der Waals surface area (Å²) in [5.41, 5.74) is 0. The first-order valence-corrected chi connectivity index (χ1v) is 8.01. The number of rotatable bonds is 3. The average molecular weight is 298 g/mol. The van der Waals surface area contributed by atoms with E-state index in [1.807, 2.05) is 0 Å². The highest BCUT2D eigenvalue weighted by molar-refractivity contribution is 5.79. The Morgan fingerprint density at radius 3 is 2.67 bits per heavy atom. The summed E-state index contributed by atoms with van der Waals surface area (Å²) in [6.07, 6.45) is 5.28. The molecule has 0 amide bonds. The lowest BCUT2D eigenvalue weighted by atomic mass is 10.1. The molecule has 6 nitrogen and oxygen atoms in total. The van der Waals surface area contributed by atoms with Crippen molar-refractivity contribution in [1.29, 1.82) is 0 Å². The van der Waals surface area contributed by atoms with Crippen LogP contribution in [0.3, 0.4) is 0 Å². The SMILES string of the molecule is CC1CC(C2=NOCC(CN3CCCCC3)O2)CN1C.N. The third kappa shape index (κ3) is 4.08. The van der Waals surface area contributed by atoms with E-state index >= 15 is 0 Å². The number of piperidine rings is 1. The number of nitrogens with zero attached hydrogens (tertiary/aromatic N) is 3. The Morgan fingerprint density at radius 2 is 2.00 bits per heavy atom. The Labute approximate surface area is 128 Å². The molecule has 0 aromatic carbocycles. The van der Waals surface area contributed by atoms with Gasteiger partial charge in [0.2, 0.25) is 5.90 Å². The molecule has 0 bridgehead atoms. The minimum absolute atomic E-state index is 0. The predicted molar refractivity (Wildman–Crippen MR) is 83.8 cm³/mol. The minimum atomic E-state index is 0. The third-order valence-electron chi connectivity index (χ3n) is 4.85. The molecule has 21 heavy (non-hydrogen) atoms. The highest BCUT2D eigenvalue weighted by atomic mass is 16.7. The van der Waals surface area contributed by atoms with Gasteiger partial charge in [0.1, 0.15) is 6.10 Å². The molecule has 2 fully saturated rings. The van der Waals surface area contributed by atoms with E-state index in [9.17, 15) is 0 Å². The molecule has 0 aliphatic carbocycles. The van der Waals surface area contributed by atoms with Gasteiger partial charge in [-0.3, -0.25) is 4.90 Å². The molecule has 3 N–H and O–H groups in total. The first-order chi connectivity index (χ1) is 9.72. The standard InChI is InChI=1S/C15H27N3O2.H3N/c1-12-8-13(9-17(12)2)15-16-19-11-14(20-15)10-18-6-4-3-5-7-18;/h12-14H,3-11H2,1-2H3;1H3. The maximum absolute atomic E-state index is 6.13. The van der Waals surface area contributed by atoms with Gasteiger partial charge in [0.25, 0.3) is 0 Å². The number of likely N-dealkylation sites (tertiary alicyclic amines) is 2. The van der Waals surface area contributed by atoms with Crippen molar-refractivity contribution in [3.05, 3.63) is 0 Å². The second kappa shape index (κ2) is 7.42. The monoisotopic (exact) mass is 298 g/mol. The molecule has 2 saturated heterocycles. The fraction of sp³-hybridized carbons (Fsp3) is 0.933. The summed E-state index contributed by atoms with van der Waals surface area (Å²) >= 11 is 0. The zero-order chi connectivity index (χ0) is 13.9. The van der Waals surface area contributed by atoms with Crippen LogP contribution < -0.4 is 6.15 Å². The molecule has 0 aromatic heterocycles. The molecule has 122 valence electrons. The van der Waals surface area contributed by atoms with Crippen molar-refractivity contribution >= 4 is 5.90 Å². The van der Waals surface area contributed by atoms with Gasteiger partial charge in [-0.2, -0.15) is 0 Å². The first-order valence-electron chi connectivity index (χ1n) is 8.01. The Bertz CT molecular complexity index is 348. The van der Waals surface area contributed by atoms with E-state index in [-0.39, 0.29) is 12.3 Å². The molecule has 3 aliphatic rings. The van der Waals surface area contributed by atoms with Gasteiger partial charge in [-0.05, 0) is 46.3 Å². The van der Waals surface area contributed by atoms with E-state index in [4.69, 9.17) is 9.57 Å². The van der Waals surface area contributed by atoms with Crippen molar-refractivity contribution < 1.29 is 9.57 Å². The van der Waals surface area contributed by atoms with Crippen molar-refractivity contribution in [3.8, 4) is 0 Å². The Hall–Kier alpha value is -0.850. The van der Waals surface area contributed by atoms with Crippen molar-refractivity contribution in [3.63, 3.8) is 0 Å². The van der Waals surface area contributed by atoms with Crippen LogP contribution in [0.2, 0.25) is 0 Å². The Kier molecular flexibility index (Phi) is 5.84. The largest absolute Gasteiger partial charge is 0.470 e. The highest BCUT2D eigenvalue weighted by Gasteiger charge is 2.34. The second-order valence-corrected chi connectivity index (χ2v) is 6.55. The Balaban J connectivity index is 0.00000161. The summed E-state index contributed by atoms with van der Waals surface area (Å²) in [4.78, 5) is 10.3. The number of oxime groups is 1. The van der Waals surface area contributed by atoms with Crippen molar-refractivity contribution in [2.45, 2.75) is 44.8 Å². The third-order valence-corrected chi connectivity index (χ3v) is 4.85. The van der Waals surface area contributed by atoms with E-state index < -0.39 is 0 Å². The van der Waals surface area contributed by atoms with Crippen LogP contribution in [0.25, 0.3) is 0 Å². The van der Waals surface area contributed by atoms with E-state index in [1.54, 1.807) is 0 Å². The first kappa shape index (κ1) is 16.5. The fourth-order valence-corrected chi connectivity index (χ4v) is 3.47. The number of ether oxygens (including phenoxy) is 1. The van der Waals surface area contributed by atoms with Gasteiger partial charge in [0, 0.05) is 19.1 Å². The molecular formula is C15H30N4O2. The van der Waals surface area contributed by atoms with Crippen LogP contribution in [-0.4, -0.2) is 67.7 Å². The van der Waals surface area contributed by atoms with Crippen molar-refractivity contribution in [2.24, 2.45) is 11.1 Å². The van der Waals surface area contributed by atoms with Crippen LogP contribution >= 0.6 is 0 Å². The molecule has 0 saturated carbocycles. The normalized spacial score (nSPS) is 34.6. The van der Waals surface area contributed by atoms with Crippen LogP contribution in [0.4, 0.5) is 0 Å². The molecule has 3 rings (SSSR count). The van der Waals surface area contributed by atoms with Gasteiger partial charge in [0.05, 0.1) is 5.92 Å². The second-order valence-electron chi connectivity index (χ2n) is 6.55. The van der Waals surface area contributed by atoms with Crippen LogP contribution in [0.5, 0.6) is 0 Å². The number of hydrogen-bond donors (Lipinski definition) is 1. The maximum Gasteiger partial charge on any atom is 0.230 e. The van der Waals surface area contributed by atoms with Crippen LogP contribution in [-0.2, 0) is 9.57 Å². The van der Waals surface area contributed by atoms with E-state index in [1.165, 1.54) is 32.4 Å². The molecule has 0 spiro atoms. The summed E-state index contributed by atoms with van der Waals surface area (Å²) < 4.78 is 6.13. The summed E-state index contributed by atoms with van der Waals surface area (Å²) in [5, 5.41) is 4.17. The van der Waals surface area contributed by atoms with Crippen LogP contribution in [0.15, 0.2) is 5.16 Å². The van der Waals surface area contributed by atoms with E-state index in [2.05, 4.69) is 28.9 Å². The smallest absolute Gasteiger partial charge is 0.230 e. The number of hydrogen-bond acceptors (Lipinski definition) is 6. The van der Waals surface area contributed by atoms with E-state index in [0.717, 1.165) is 25.4 Å². The summed E-state index contributed by atoms with van der Waals surface area (Å²) in [6, 6.07) is 0.605. The Morgan fingerprint density at radius 1 is 1.24 bits per heavy atom. The molecule has 3 atom stereocenters. The molecule has 3 unspecified atom stereocenters. The van der Waals surface area contributed by atoms with Gasteiger partial charge < -0.3 is 20.6 Å². The van der Waals surface area contributed by atoms with Gasteiger partial charge in [-0.15, -0.1) is 0 Å². The minimum Gasteiger partial charge on any atom is -0.470 e. The molecule has 6 heteroatoms. The predicted octanol–water partition coefficient (Wildman–Crippen LogP) is 1.70. The van der Waals surface area contributed by atoms with Crippen LogP contribution in [0.1, 0.15) is 32.6 Å². The van der Waals surface area contributed by atoms with Crippen LogP contribution in [0, 0.1) is 5.92 Å². The lowest BCUT2D eigenvalue weighted by Gasteiger charge is -2.32. The van der Waals surface area contributed by atoms with E-state index in [0.29, 0.717) is 18.6 Å². The quantitative estimate of drug-likeness (QED) is 0.858. The molecule has 3 heterocycles. The molecule has 0 radical (unpaired) electrons. The van der Waals surface area contributed by atoms with Crippen molar-refractivity contribution in [1.82, 2.24) is 16.0 Å². The summed E-state index contributed by atoms with van der Waals surface area (Å²) in [7, 11) is 2.17. The summed E-state index contributed by atoms with van der Waals surface area (Å²) in [6.45, 7) is 7.27. The van der Waals surface area contributed by atoms with Gasteiger partial charge in [-0.25, -0.2) is 0 Å². The zero-order valence-corrected chi connectivity index (χ0v) is 13.5. The molecule has 3 aliphatic heterocycles. The van der Waals surface area contributed by atoms with Gasteiger partial charge in [-0.1, -0.05) is 11.6 Å². The van der Waals surface area contributed by atoms with Crippen molar-refractivity contribution in [2.75, 3.05) is 39.8 Å².